The van der Waals surface area contributed by atoms with Crippen LogP contribution in [0.3, 0.4) is 0 Å². The fourth-order valence-corrected chi connectivity index (χ4v) is 3.74. The van der Waals surface area contributed by atoms with Crippen molar-refractivity contribution >= 4 is 34.3 Å². The molecule has 3 aromatic rings. The van der Waals surface area contributed by atoms with Crippen molar-refractivity contribution in [1.82, 2.24) is 9.55 Å². The molecular formula is C21H21F2N3O2S. The van der Waals surface area contributed by atoms with Crippen molar-refractivity contribution in [1.29, 1.82) is 0 Å². The van der Waals surface area contributed by atoms with Crippen molar-refractivity contribution in [2.75, 3.05) is 5.32 Å². The van der Waals surface area contributed by atoms with Gasteiger partial charge in [0.05, 0.1) is 16.2 Å². The molecule has 0 bridgehead atoms. The zero-order chi connectivity index (χ0) is 21.1. The summed E-state index contributed by atoms with van der Waals surface area (Å²) in [4.78, 5) is 30.0. The molecule has 0 unspecified atom stereocenters. The van der Waals surface area contributed by atoms with Crippen molar-refractivity contribution in [2.24, 2.45) is 5.92 Å². The summed E-state index contributed by atoms with van der Waals surface area (Å²) < 4.78 is 29.2. The lowest BCUT2D eigenvalue weighted by Crippen LogP contribution is -2.28. The third-order valence-corrected chi connectivity index (χ3v) is 5.33. The van der Waals surface area contributed by atoms with E-state index in [0.29, 0.717) is 22.6 Å². The summed E-state index contributed by atoms with van der Waals surface area (Å²) in [6, 6.07) is 10.4. The van der Waals surface area contributed by atoms with Gasteiger partial charge in [0.15, 0.2) is 5.16 Å². The Labute approximate surface area is 171 Å². The highest BCUT2D eigenvalue weighted by Gasteiger charge is 2.22. The molecule has 0 aliphatic carbocycles. The smallest absolute Gasteiger partial charge is 0.262 e. The van der Waals surface area contributed by atoms with Gasteiger partial charge >= 0.3 is 0 Å². The van der Waals surface area contributed by atoms with E-state index in [1.807, 2.05) is 13.8 Å². The van der Waals surface area contributed by atoms with Crippen LogP contribution in [-0.4, -0.2) is 20.7 Å². The van der Waals surface area contributed by atoms with E-state index in [2.05, 4.69) is 10.3 Å². The molecule has 1 aromatic heterocycles. The predicted octanol–water partition coefficient (Wildman–Crippen LogP) is 4.45. The molecule has 3 rings (SSSR count). The van der Waals surface area contributed by atoms with Gasteiger partial charge < -0.3 is 5.32 Å². The minimum absolute atomic E-state index is 0.181. The van der Waals surface area contributed by atoms with Crippen LogP contribution in [0.15, 0.2) is 52.4 Å². The van der Waals surface area contributed by atoms with Gasteiger partial charge in [0.2, 0.25) is 5.91 Å². The topological polar surface area (TPSA) is 64.0 Å². The van der Waals surface area contributed by atoms with Crippen molar-refractivity contribution in [2.45, 2.75) is 37.7 Å². The maximum atomic E-state index is 13.8. The molecule has 0 spiro atoms. The van der Waals surface area contributed by atoms with Crippen LogP contribution >= 0.6 is 11.8 Å². The number of nitrogens with one attached hydrogen (secondary N) is 1. The first-order chi connectivity index (χ1) is 13.8. The van der Waals surface area contributed by atoms with Crippen LogP contribution < -0.4 is 10.9 Å². The van der Waals surface area contributed by atoms with Gasteiger partial charge in [-0.25, -0.2) is 13.8 Å². The molecule has 0 saturated carbocycles. The number of benzene rings is 2. The molecule has 5 nitrogen and oxygen atoms in total. The van der Waals surface area contributed by atoms with Crippen LogP contribution in [0.4, 0.5) is 14.5 Å². The number of aromatic nitrogens is 2. The number of fused-ring (bicyclic) bond motifs is 1. The third-order valence-electron chi connectivity index (χ3n) is 4.24. The van der Waals surface area contributed by atoms with Gasteiger partial charge in [-0.1, -0.05) is 43.8 Å². The monoisotopic (exact) mass is 417 g/mol. The highest BCUT2D eigenvalue weighted by atomic mass is 32.2. The average molecular weight is 417 g/mol. The quantitative estimate of drug-likeness (QED) is 0.475. The number of thioether (sulfide) groups is 1. The lowest BCUT2D eigenvalue weighted by molar-refractivity contribution is -0.115. The zero-order valence-electron chi connectivity index (χ0n) is 16.3. The van der Waals surface area contributed by atoms with Crippen LogP contribution in [0.2, 0.25) is 0 Å². The highest BCUT2D eigenvalue weighted by molar-refractivity contribution is 8.00. The van der Waals surface area contributed by atoms with Gasteiger partial charge in [-0.05, 0) is 37.1 Å². The maximum absolute atomic E-state index is 13.8. The summed E-state index contributed by atoms with van der Waals surface area (Å²) in [6.07, 6.45) is 0. The van der Waals surface area contributed by atoms with Crippen molar-refractivity contribution < 1.29 is 13.6 Å². The fraction of sp³-hybridized carbons (Fsp3) is 0.286. The van der Waals surface area contributed by atoms with Crippen LogP contribution in [-0.2, 0) is 11.3 Å². The number of rotatable bonds is 6. The van der Waals surface area contributed by atoms with Gasteiger partial charge in [-0.2, -0.15) is 0 Å². The van der Waals surface area contributed by atoms with Gasteiger partial charge in [-0.15, -0.1) is 0 Å². The Morgan fingerprint density at radius 1 is 1.10 bits per heavy atom. The second-order valence-electron chi connectivity index (χ2n) is 7.07. The standard InChI is InChI=1S/C21H21F2N3O2S/c1-12(2)11-26-20(28)14-7-4-5-10-17(14)24-21(26)29-13(3)19(27)25-18-15(22)8-6-9-16(18)23/h4-10,12-13H,11H2,1-3H3,(H,25,27)/t13-/m1/s1. The van der Waals surface area contributed by atoms with Crippen molar-refractivity contribution in [3.8, 4) is 0 Å². The Balaban J connectivity index is 1.92. The summed E-state index contributed by atoms with van der Waals surface area (Å²) in [5.74, 6) is -2.10. The predicted molar refractivity (Wildman–Crippen MR) is 111 cm³/mol. The second-order valence-corrected chi connectivity index (χ2v) is 8.38. The first-order valence-electron chi connectivity index (χ1n) is 9.19. The molecule has 0 fully saturated rings. The molecule has 8 heteroatoms. The van der Waals surface area contributed by atoms with Gasteiger partial charge in [0, 0.05) is 6.54 Å². The number of carbonyl (C=O) groups is 1. The molecule has 1 amide bonds. The summed E-state index contributed by atoms with van der Waals surface area (Å²) >= 11 is 1.08. The molecule has 0 saturated heterocycles. The molecule has 0 radical (unpaired) electrons. The zero-order valence-corrected chi connectivity index (χ0v) is 17.1. The number of hydrogen-bond donors (Lipinski definition) is 1. The molecule has 1 atom stereocenters. The molecule has 1 heterocycles. The Morgan fingerprint density at radius 2 is 1.76 bits per heavy atom. The fourth-order valence-electron chi connectivity index (χ4n) is 2.82. The van der Waals surface area contributed by atoms with Crippen LogP contribution in [0.1, 0.15) is 20.8 Å². The lowest BCUT2D eigenvalue weighted by atomic mass is 10.2. The van der Waals surface area contributed by atoms with E-state index in [9.17, 15) is 18.4 Å². The first-order valence-corrected chi connectivity index (χ1v) is 10.1. The summed E-state index contributed by atoms with van der Waals surface area (Å²) in [5.41, 5.74) is -0.136. The van der Waals surface area contributed by atoms with E-state index in [4.69, 9.17) is 0 Å². The average Bonchev–Trinajstić information content (AvgIpc) is 2.67. The Kier molecular flexibility index (Phi) is 6.32. The Morgan fingerprint density at radius 3 is 2.41 bits per heavy atom. The highest BCUT2D eigenvalue weighted by Crippen LogP contribution is 2.25. The van der Waals surface area contributed by atoms with Crippen LogP contribution in [0.5, 0.6) is 0 Å². The Hall–Kier alpha value is -2.74. The van der Waals surface area contributed by atoms with E-state index in [1.165, 1.54) is 6.07 Å². The number of hydrogen-bond acceptors (Lipinski definition) is 4. The van der Waals surface area contributed by atoms with E-state index in [1.54, 1.807) is 35.8 Å². The molecule has 152 valence electrons. The second kappa shape index (κ2) is 8.73. The molecule has 29 heavy (non-hydrogen) atoms. The van der Waals surface area contributed by atoms with E-state index in [-0.39, 0.29) is 11.5 Å². The third kappa shape index (κ3) is 4.64. The maximum Gasteiger partial charge on any atom is 0.262 e. The number of amides is 1. The molecular weight excluding hydrogens is 396 g/mol. The lowest BCUT2D eigenvalue weighted by Gasteiger charge is -2.18. The summed E-state index contributed by atoms with van der Waals surface area (Å²) in [5, 5.41) is 2.44. The van der Waals surface area contributed by atoms with Crippen molar-refractivity contribution in [3.05, 3.63) is 64.5 Å². The number of carbonyl (C=O) groups excluding carboxylic acids is 1. The van der Waals surface area contributed by atoms with Crippen LogP contribution in [0.25, 0.3) is 10.9 Å². The summed E-state index contributed by atoms with van der Waals surface area (Å²) in [6.45, 7) is 6.00. The van der Waals surface area contributed by atoms with Gasteiger partial charge in [-0.3, -0.25) is 14.2 Å². The van der Waals surface area contributed by atoms with E-state index < -0.39 is 28.5 Å². The molecule has 1 N–H and O–H groups in total. The minimum atomic E-state index is -0.851. The largest absolute Gasteiger partial charge is 0.320 e. The normalized spacial score (nSPS) is 12.3. The first kappa shape index (κ1) is 21.0. The number of anilines is 1. The summed E-state index contributed by atoms with van der Waals surface area (Å²) in [7, 11) is 0. The number of para-hydroxylation sites is 2. The van der Waals surface area contributed by atoms with E-state index >= 15 is 0 Å². The molecule has 0 aliphatic heterocycles. The minimum Gasteiger partial charge on any atom is -0.320 e. The molecule has 0 aliphatic rings. The molecule has 2 aromatic carbocycles. The van der Waals surface area contributed by atoms with Gasteiger partial charge in [0.1, 0.15) is 17.3 Å². The van der Waals surface area contributed by atoms with E-state index in [0.717, 1.165) is 23.9 Å². The van der Waals surface area contributed by atoms with Crippen LogP contribution in [0, 0.1) is 17.6 Å². The number of halogens is 2. The van der Waals surface area contributed by atoms with Gasteiger partial charge in [0.25, 0.3) is 5.56 Å². The Bertz CT molecular complexity index is 1090. The van der Waals surface area contributed by atoms with Crippen molar-refractivity contribution in [3.63, 3.8) is 0 Å². The SMILES string of the molecule is CC(C)Cn1c(S[C@H](C)C(=O)Nc2c(F)cccc2F)nc2ccccc2c1=O. The number of nitrogens with zero attached hydrogens (tertiary/aromatic N) is 2.